The van der Waals surface area contributed by atoms with Gasteiger partial charge in [-0.1, -0.05) is 104 Å². The van der Waals surface area contributed by atoms with Gasteiger partial charge in [0, 0.05) is 23.1 Å². The predicted octanol–water partition coefficient (Wildman–Crippen LogP) is 10.7. The summed E-state index contributed by atoms with van der Waals surface area (Å²) in [5.41, 5.74) is 1.98. The number of aliphatic hydroxyl groups is 2. The molecule has 3 aliphatic rings. The van der Waals surface area contributed by atoms with Crippen molar-refractivity contribution in [2.24, 2.45) is 5.41 Å². The Labute approximate surface area is 336 Å². The van der Waals surface area contributed by atoms with Gasteiger partial charge in [0.05, 0.1) is 18.2 Å². The lowest BCUT2D eigenvalue weighted by Crippen LogP contribution is -2.54. The average molecular weight is 792 g/mol. The molecule has 4 atom stereocenters. The van der Waals surface area contributed by atoms with Gasteiger partial charge in [-0.15, -0.1) is 13.2 Å². The van der Waals surface area contributed by atoms with Crippen molar-refractivity contribution < 1.29 is 42.4 Å². The van der Waals surface area contributed by atoms with E-state index in [1.807, 2.05) is 80.6 Å². The Morgan fingerprint density at radius 1 is 0.845 bits per heavy atom. The third kappa shape index (κ3) is 9.14. The number of ether oxygens (including phenoxy) is 2. The van der Waals surface area contributed by atoms with Gasteiger partial charge in [0.25, 0.3) is 0 Å². The summed E-state index contributed by atoms with van der Waals surface area (Å²) in [7, 11) is 0. The van der Waals surface area contributed by atoms with Gasteiger partial charge in [0.2, 0.25) is 0 Å². The molecule has 7 nitrogen and oxygen atoms in total. The molecule has 0 aliphatic heterocycles. The molecule has 3 aliphatic carbocycles. The van der Waals surface area contributed by atoms with E-state index >= 15 is 0 Å². The predicted molar refractivity (Wildman–Crippen MR) is 217 cm³/mol. The van der Waals surface area contributed by atoms with E-state index in [1.54, 1.807) is 24.3 Å². The molecule has 0 spiro atoms. The Hall–Kier alpha value is -5.45. The van der Waals surface area contributed by atoms with Crippen molar-refractivity contribution in [1.82, 2.24) is 4.90 Å². The number of halogens is 3. The lowest BCUT2D eigenvalue weighted by molar-refractivity contribution is -0.274. The summed E-state index contributed by atoms with van der Waals surface area (Å²) in [6, 6.07) is 33.1. The number of rotatable bonds is 8. The van der Waals surface area contributed by atoms with Gasteiger partial charge in [-0.3, -0.25) is 4.79 Å². The Bertz CT molecular complexity index is 2290. The first kappa shape index (κ1) is 40.7. The number of hydrogen-bond donors (Lipinski definition) is 2. The summed E-state index contributed by atoms with van der Waals surface area (Å²) >= 11 is 0. The van der Waals surface area contributed by atoms with E-state index in [0.29, 0.717) is 67.4 Å². The summed E-state index contributed by atoms with van der Waals surface area (Å²) < 4.78 is 49.0. The van der Waals surface area contributed by atoms with Crippen molar-refractivity contribution in [2.75, 3.05) is 6.54 Å². The number of aliphatic hydroxyl groups excluding tert-OH is 1. The second-order valence-electron chi connectivity index (χ2n) is 16.1. The van der Waals surface area contributed by atoms with Crippen molar-refractivity contribution in [3.8, 4) is 11.5 Å². The van der Waals surface area contributed by atoms with Crippen LogP contribution in [0.25, 0.3) is 10.8 Å². The van der Waals surface area contributed by atoms with Crippen molar-refractivity contribution in [3.05, 3.63) is 155 Å². The third-order valence-corrected chi connectivity index (χ3v) is 12.1. The smallest absolute Gasteiger partial charge is 0.410 e. The quantitative estimate of drug-likeness (QED) is 0.120. The zero-order valence-electron chi connectivity index (χ0n) is 32.7. The fourth-order valence-electron chi connectivity index (χ4n) is 8.86. The molecule has 1 fully saturated rings. The molecule has 5 aromatic carbocycles. The van der Waals surface area contributed by atoms with Crippen molar-refractivity contribution in [1.29, 1.82) is 0 Å². The van der Waals surface area contributed by atoms with E-state index in [2.05, 4.69) is 10.8 Å². The number of alkyl halides is 3. The normalized spacial score (nSPS) is 22.4. The van der Waals surface area contributed by atoms with Crippen LogP contribution in [0.15, 0.2) is 127 Å². The van der Waals surface area contributed by atoms with Crippen LogP contribution in [-0.2, 0) is 13.0 Å². The highest BCUT2D eigenvalue weighted by Crippen LogP contribution is 2.59. The molecule has 5 aromatic rings. The molecule has 0 unspecified atom stereocenters. The number of carbonyl (C=O) groups is 2. The molecule has 1 amide bonds. The molecule has 2 bridgehead atoms. The summed E-state index contributed by atoms with van der Waals surface area (Å²) in [5, 5.41) is 25.9. The van der Waals surface area contributed by atoms with Gasteiger partial charge in [-0.25, -0.2) is 4.79 Å². The van der Waals surface area contributed by atoms with Crippen LogP contribution < -0.4 is 9.47 Å². The lowest BCUT2D eigenvalue weighted by atomic mass is 9.64. The maximum Gasteiger partial charge on any atom is 0.573 e. The van der Waals surface area contributed by atoms with Crippen LogP contribution in [0.1, 0.15) is 90.9 Å². The van der Waals surface area contributed by atoms with Crippen LogP contribution in [0.5, 0.6) is 11.5 Å². The number of ketones is 1. The minimum absolute atomic E-state index is 0.0739. The van der Waals surface area contributed by atoms with E-state index in [0.717, 1.165) is 27.5 Å². The molecule has 0 heterocycles. The number of fused-ring (bicyclic) bond motifs is 9. The molecule has 2 N–H and O–H groups in total. The molecular weight excluding hydrogens is 744 g/mol. The largest absolute Gasteiger partial charge is 0.573 e. The molecule has 0 saturated heterocycles. The number of nitrogens with zero attached hydrogens (tertiary/aromatic N) is 1. The van der Waals surface area contributed by atoms with Gasteiger partial charge >= 0.3 is 12.5 Å². The van der Waals surface area contributed by atoms with Gasteiger partial charge in [0.1, 0.15) is 11.5 Å². The number of benzene rings is 5. The van der Waals surface area contributed by atoms with Crippen LogP contribution in [0.3, 0.4) is 0 Å². The molecule has 302 valence electrons. The standard InChI is InChI=1S/C48H48F3NO6/c1-32-9-8-25-46(2)43(41-23-17-34(27-38(53)19-14-32)28-42(41)44(54)36-11-4-3-5-12-36)24-26-47(46,56)31-52(30-33-15-20-39(21-16-33)58-48(49,50)51)45(55)57-40-22-18-35-10-6-7-13-37(35)29-40/h3-7,9-13,15-18,20-23,28-29,38,43,53,56H,8,14,19,24-27,30-31H2,1-2H3/t38-,43-,46-,47+/m0/s1. The first-order valence-corrected chi connectivity index (χ1v) is 19.8. The number of allylic oxidation sites excluding steroid dienone is 2. The summed E-state index contributed by atoms with van der Waals surface area (Å²) in [6.45, 7) is 3.85. The molecule has 8 rings (SSSR count). The van der Waals surface area contributed by atoms with Gasteiger partial charge in [0.15, 0.2) is 5.78 Å². The third-order valence-electron chi connectivity index (χ3n) is 12.1. The van der Waals surface area contributed by atoms with Gasteiger partial charge in [-0.05, 0) is 116 Å². The highest BCUT2D eigenvalue weighted by Gasteiger charge is 2.58. The van der Waals surface area contributed by atoms with Crippen molar-refractivity contribution >= 4 is 22.6 Å². The average Bonchev–Trinajstić information content (AvgIpc) is 3.45. The number of amides is 1. The highest BCUT2D eigenvalue weighted by atomic mass is 19.4. The van der Waals surface area contributed by atoms with E-state index in [9.17, 15) is 33.0 Å². The van der Waals surface area contributed by atoms with Crippen LogP contribution in [0.4, 0.5) is 18.0 Å². The van der Waals surface area contributed by atoms with Crippen LogP contribution >= 0.6 is 0 Å². The molecule has 0 aromatic heterocycles. The molecule has 10 heteroatoms. The number of carbonyl (C=O) groups excluding carboxylic acids is 2. The monoisotopic (exact) mass is 791 g/mol. The second-order valence-corrected chi connectivity index (χ2v) is 16.1. The molecule has 0 radical (unpaired) electrons. The Balaban J connectivity index is 1.27. The van der Waals surface area contributed by atoms with Gasteiger partial charge < -0.3 is 24.6 Å². The summed E-state index contributed by atoms with van der Waals surface area (Å²) in [5.74, 6) is -0.534. The zero-order valence-corrected chi connectivity index (χ0v) is 32.7. The summed E-state index contributed by atoms with van der Waals surface area (Å²) in [6.07, 6.45) is -0.419. The van der Waals surface area contributed by atoms with E-state index in [1.165, 1.54) is 29.2 Å². The van der Waals surface area contributed by atoms with Crippen molar-refractivity contribution in [3.63, 3.8) is 0 Å². The minimum Gasteiger partial charge on any atom is -0.410 e. The maximum absolute atomic E-state index is 14.3. The zero-order chi connectivity index (χ0) is 41.1. The van der Waals surface area contributed by atoms with Crippen LogP contribution in [-0.4, -0.2) is 51.6 Å². The fourth-order valence-corrected chi connectivity index (χ4v) is 8.86. The van der Waals surface area contributed by atoms with Crippen molar-refractivity contribution in [2.45, 2.75) is 89.3 Å². The fraction of sp³-hybridized carbons (Fsp3) is 0.333. The van der Waals surface area contributed by atoms with Gasteiger partial charge in [-0.2, -0.15) is 0 Å². The maximum atomic E-state index is 14.3. The molecule has 1 saturated carbocycles. The van der Waals surface area contributed by atoms with Crippen LogP contribution in [0, 0.1) is 5.41 Å². The number of hydrogen-bond acceptors (Lipinski definition) is 6. The topological polar surface area (TPSA) is 96.3 Å². The van der Waals surface area contributed by atoms with Crippen LogP contribution in [0.2, 0.25) is 0 Å². The summed E-state index contributed by atoms with van der Waals surface area (Å²) in [4.78, 5) is 30.0. The Kier molecular flexibility index (Phi) is 11.8. The second kappa shape index (κ2) is 16.8. The van der Waals surface area contributed by atoms with E-state index < -0.39 is 35.3 Å². The first-order valence-electron chi connectivity index (χ1n) is 19.8. The van der Waals surface area contributed by atoms with E-state index in [4.69, 9.17) is 4.74 Å². The van der Waals surface area contributed by atoms with E-state index in [-0.39, 0.29) is 24.8 Å². The molecular formula is C48H48F3NO6. The highest BCUT2D eigenvalue weighted by molar-refractivity contribution is 6.10. The molecule has 58 heavy (non-hydrogen) atoms. The Morgan fingerprint density at radius 2 is 1.55 bits per heavy atom. The minimum atomic E-state index is -4.86. The first-order chi connectivity index (χ1) is 27.7. The Morgan fingerprint density at radius 3 is 2.29 bits per heavy atom. The lowest BCUT2D eigenvalue weighted by Gasteiger charge is -2.46. The SMILES string of the molecule is CC1=CCC[C@@]2(C)[C@@H](CC[C@@]2(O)CN(Cc2ccc(OC(F)(F)F)cc2)C(=O)Oc2ccc3ccccc3c2)c2ccc(cc2C(=O)c2ccccc2)C[C@@H](O)CC1.